The van der Waals surface area contributed by atoms with Crippen LogP contribution in [0.4, 0.5) is 0 Å². The highest BCUT2D eigenvalue weighted by atomic mass is 16.2. The lowest BCUT2D eigenvalue weighted by Crippen LogP contribution is -2.54. The van der Waals surface area contributed by atoms with Gasteiger partial charge in [0.05, 0.1) is 12.6 Å². The van der Waals surface area contributed by atoms with E-state index in [-0.39, 0.29) is 17.9 Å². The molecule has 6 heteroatoms. The molecule has 2 aliphatic rings. The quantitative estimate of drug-likeness (QED) is 0.711. The van der Waals surface area contributed by atoms with Crippen molar-refractivity contribution in [1.29, 1.82) is 0 Å². The lowest BCUT2D eigenvalue weighted by atomic mass is 10.2. The number of nitrogens with one attached hydrogen (secondary N) is 1. The van der Waals surface area contributed by atoms with Gasteiger partial charge in [0, 0.05) is 40.3 Å². The molecule has 2 heterocycles. The Morgan fingerprint density at radius 2 is 1.89 bits per heavy atom. The molecule has 0 aromatic carbocycles. The summed E-state index contributed by atoms with van der Waals surface area (Å²) >= 11 is 0. The molecule has 0 saturated carbocycles. The molecule has 2 amide bonds. The van der Waals surface area contributed by atoms with Gasteiger partial charge in [-0.3, -0.25) is 14.5 Å². The molecule has 0 aromatic heterocycles. The predicted molar refractivity (Wildman–Crippen MR) is 72.7 cm³/mol. The molecule has 6 nitrogen and oxygen atoms in total. The molecule has 0 radical (unpaired) electrons. The number of nitrogens with zero attached hydrogens (tertiary/aromatic N) is 3. The van der Waals surface area contributed by atoms with Crippen molar-refractivity contribution >= 4 is 11.8 Å². The first-order valence-corrected chi connectivity index (χ1v) is 7.02. The van der Waals surface area contributed by atoms with Crippen LogP contribution in [-0.2, 0) is 9.59 Å². The van der Waals surface area contributed by atoms with Crippen LogP contribution in [-0.4, -0.2) is 85.9 Å². The minimum atomic E-state index is 0.0231. The third kappa shape index (κ3) is 3.67. The summed E-state index contributed by atoms with van der Waals surface area (Å²) in [5.41, 5.74) is 0. The summed E-state index contributed by atoms with van der Waals surface area (Å²) in [6.07, 6.45) is 2.05. The summed E-state index contributed by atoms with van der Waals surface area (Å²) < 4.78 is 0. The number of carbonyl (C=O) groups is 2. The molecule has 1 atom stereocenters. The van der Waals surface area contributed by atoms with Crippen molar-refractivity contribution in [2.24, 2.45) is 0 Å². The molecular formula is C13H24N4O2. The van der Waals surface area contributed by atoms with Crippen molar-refractivity contribution in [2.75, 3.05) is 53.4 Å². The molecule has 0 aliphatic carbocycles. The minimum absolute atomic E-state index is 0.0231. The van der Waals surface area contributed by atoms with Crippen molar-refractivity contribution in [3.05, 3.63) is 0 Å². The topological polar surface area (TPSA) is 55.9 Å². The van der Waals surface area contributed by atoms with Crippen LogP contribution in [0.15, 0.2) is 0 Å². The molecule has 0 spiro atoms. The molecule has 1 N–H and O–H groups in total. The first kappa shape index (κ1) is 14.3. The van der Waals surface area contributed by atoms with Gasteiger partial charge in [0.2, 0.25) is 11.8 Å². The van der Waals surface area contributed by atoms with Gasteiger partial charge in [0.1, 0.15) is 0 Å². The van der Waals surface area contributed by atoms with E-state index in [0.717, 1.165) is 45.6 Å². The molecule has 2 aliphatic heterocycles. The Morgan fingerprint density at radius 3 is 2.42 bits per heavy atom. The number of hydrogen-bond acceptors (Lipinski definition) is 4. The van der Waals surface area contributed by atoms with Crippen molar-refractivity contribution in [3.8, 4) is 0 Å². The molecule has 1 unspecified atom stereocenters. The zero-order valence-electron chi connectivity index (χ0n) is 11.9. The van der Waals surface area contributed by atoms with Crippen LogP contribution in [0.2, 0.25) is 0 Å². The van der Waals surface area contributed by atoms with Crippen molar-refractivity contribution < 1.29 is 9.59 Å². The van der Waals surface area contributed by atoms with Crippen LogP contribution in [0, 0.1) is 0 Å². The lowest BCUT2D eigenvalue weighted by molar-refractivity contribution is -0.135. The zero-order chi connectivity index (χ0) is 13.8. The smallest absolute Gasteiger partial charge is 0.239 e. The Morgan fingerprint density at radius 1 is 1.21 bits per heavy atom. The van der Waals surface area contributed by atoms with E-state index in [2.05, 4.69) is 10.2 Å². The van der Waals surface area contributed by atoms with Gasteiger partial charge in [-0.2, -0.15) is 0 Å². The number of piperazine rings is 1. The molecule has 0 aromatic rings. The summed E-state index contributed by atoms with van der Waals surface area (Å²) in [5, 5.41) is 3.25. The fraction of sp³-hybridized carbons (Fsp3) is 0.846. The maximum Gasteiger partial charge on any atom is 0.239 e. The second kappa shape index (κ2) is 6.34. The van der Waals surface area contributed by atoms with E-state index in [4.69, 9.17) is 0 Å². The highest BCUT2D eigenvalue weighted by molar-refractivity contribution is 5.82. The van der Waals surface area contributed by atoms with Gasteiger partial charge in [-0.25, -0.2) is 0 Å². The number of hydrogen-bond donors (Lipinski definition) is 1. The second-order valence-electron chi connectivity index (χ2n) is 5.54. The average molecular weight is 268 g/mol. The van der Waals surface area contributed by atoms with Crippen molar-refractivity contribution in [2.45, 2.75) is 18.9 Å². The molecule has 108 valence electrons. The van der Waals surface area contributed by atoms with Gasteiger partial charge >= 0.3 is 0 Å². The Hall–Kier alpha value is -1.14. The first-order chi connectivity index (χ1) is 9.08. The summed E-state index contributed by atoms with van der Waals surface area (Å²) in [7, 11) is 3.54. The van der Waals surface area contributed by atoms with Crippen LogP contribution < -0.4 is 5.32 Å². The normalized spacial score (nSPS) is 24.5. The number of amides is 2. The Balaban J connectivity index is 1.75. The summed E-state index contributed by atoms with van der Waals surface area (Å²) in [5.74, 6) is 0.355. The number of rotatable bonds is 3. The molecule has 2 rings (SSSR count). The van der Waals surface area contributed by atoms with Crippen LogP contribution in [0.3, 0.4) is 0 Å². The summed E-state index contributed by atoms with van der Waals surface area (Å²) in [4.78, 5) is 29.5. The standard InChI is InChI=1S/C13H24N4O2/c1-15(2)12(18)10-16-6-8-17(9-7-16)13(19)11-4-3-5-14-11/h11,14H,3-10H2,1-2H3. The minimum Gasteiger partial charge on any atom is -0.348 e. The first-order valence-electron chi connectivity index (χ1n) is 7.02. The molecular weight excluding hydrogens is 244 g/mol. The van der Waals surface area contributed by atoms with Gasteiger partial charge in [0.15, 0.2) is 0 Å². The third-order valence-electron chi connectivity index (χ3n) is 3.90. The Kier molecular flexibility index (Phi) is 4.76. The molecule has 2 fully saturated rings. The van der Waals surface area contributed by atoms with Crippen LogP contribution >= 0.6 is 0 Å². The van der Waals surface area contributed by atoms with Crippen molar-refractivity contribution in [3.63, 3.8) is 0 Å². The van der Waals surface area contributed by atoms with Crippen LogP contribution in [0.25, 0.3) is 0 Å². The van der Waals surface area contributed by atoms with E-state index in [1.807, 2.05) is 4.90 Å². The van der Waals surface area contributed by atoms with E-state index in [1.54, 1.807) is 19.0 Å². The van der Waals surface area contributed by atoms with E-state index in [0.29, 0.717) is 6.54 Å². The van der Waals surface area contributed by atoms with E-state index in [1.165, 1.54) is 0 Å². The lowest BCUT2D eigenvalue weighted by Gasteiger charge is -2.35. The zero-order valence-corrected chi connectivity index (χ0v) is 11.9. The number of carbonyl (C=O) groups excluding carboxylic acids is 2. The monoisotopic (exact) mass is 268 g/mol. The fourth-order valence-electron chi connectivity index (χ4n) is 2.57. The van der Waals surface area contributed by atoms with Gasteiger partial charge in [0.25, 0.3) is 0 Å². The Labute approximate surface area is 114 Å². The van der Waals surface area contributed by atoms with Crippen LogP contribution in [0.1, 0.15) is 12.8 Å². The fourth-order valence-corrected chi connectivity index (χ4v) is 2.57. The highest BCUT2D eigenvalue weighted by Gasteiger charge is 2.29. The van der Waals surface area contributed by atoms with Crippen molar-refractivity contribution in [1.82, 2.24) is 20.0 Å². The third-order valence-corrected chi connectivity index (χ3v) is 3.90. The maximum atomic E-state index is 12.2. The second-order valence-corrected chi connectivity index (χ2v) is 5.54. The largest absolute Gasteiger partial charge is 0.348 e. The van der Waals surface area contributed by atoms with Crippen LogP contribution in [0.5, 0.6) is 0 Å². The maximum absolute atomic E-state index is 12.2. The van der Waals surface area contributed by atoms with E-state index >= 15 is 0 Å². The molecule has 0 bridgehead atoms. The summed E-state index contributed by atoms with van der Waals surface area (Å²) in [6, 6.07) is 0.0231. The predicted octanol–water partition coefficient (Wildman–Crippen LogP) is -1.03. The average Bonchev–Trinajstić information content (AvgIpc) is 2.92. The highest BCUT2D eigenvalue weighted by Crippen LogP contribution is 2.11. The van der Waals surface area contributed by atoms with Gasteiger partial charge in [-0.1, -0.05) is 0 Å². The summed E-state index contributed by atoms with van der Waals surface area (Å²) in [6.45, 7) is 4.45. The van der Waals surface area contributed by atoms with Gasteiger partial charge in [-0.15, -0.1) is 0 Å². The van der Waals surface area contributed by atoms with E-state index in [9.17, 15) is 9.59 Å². The van der Waals surface area contributed by atoms with Gasteiger partial charge in [-0.05, 0) is 19.4 Å². The number of likely N-dealkylation sites (N-methyl/N-ethyl adjacent to an activating group) is 1. The molecule has 19 heavy (non-hydrogen) atoms. The van der Waals surface area contributed by atoms with Gasteiger partial charge < -0.3 is 15.1 Å². The van der Waals surface area contributed by atoms with E-state index < -0.39 is 0 Å². The molecule has 2 saturated heterocycles. The SMILES string of the molecule is CN(C)C(=O)CN1CCN(C(=O)C2CCCN2)CC1. The Bertz CT molecular complexity index is 332.